The lowest BCUT2D eigenvalue weighted by molar-refractivity contribution is -0.116. The summed E-state index contributed by atoms with van der Waals surface area (Å²) < 4.78 is 5.46. The highest BCUT2D eigenvalue weighted by atomic mass is 32.1. The molecule has 4 rings (SSSR count). The number of ether oxygens (including phenoxy) is 1. The first-order chi connectivity index (χ1) is 16.6. The van der Waals surface area contributed by atoms with Crippen LogP contribution in [0.15, 0.2) is 84.9 Å². The number of nitrogens with one attached hydrogen (secondary N) is 1. The fraction of sp³-hybridized carbons (Fsp3) is 0.179. The minimum Gasteiger partial charge on any atom is -0.494 e. The fourth-order valence-electron chi connectivity index (χ4n) is 3.61. The summed E-state index contributed by atoms with van der Waals surface area (Å²) in [5.41, 5.74) is 3.61. The highest BCUT2D eigenvalue weighted by Gasteiger charge is 2.16. The number of aromatic nitrogens is 1. The van der Waals surface area contributed by atoms with E-state index in [2.05, 4.69) is 17.4 Å². The third-order valence-electron chi connectivity index (χ3n) is 5.24. The average Bonchev–Trinajstić information content (AvgIpc) is 3.26. The number of hydrogen-bond donors (Lipinski definition) is 1. The standard InChI is InChI=1S/C28H26N2O3S/c1-2-33-23-15-9-14-22(19-23)24(31)16-17-26(32)29-28-30-27(21-12-7-4-8-13-21)25(34-28)18-20-10-5-3-6-11-20/h3-15,19H,2,16-18H2,1H3,(H,29,30,32). The summed E-state index contributed by atoms with van der Waals surface area (Å²) in [6, 6.07) is 27.2. The van der Waals surface area contributed by atoms with Crippen LogP contribution in [0.2, 0.25) is 0 Å². The second-order valence-corrected chi connectivity index (χ2v) is 8.84. The summed E-state index contributed by atoms with van der Waals surface area (Å²) in [7, 11) is 0. The van der Waals surface area contributed by atoms with Crippen molar-refractivity contribution in [2.75, 3.05) is 11.9 Å². The van der Waals surface area contributed by atoms with E-state index in [0.717, 1.165) is 22.6 Å². The lowest BCUT2D eigenvalue weighted by Crippen LogP contribution is -2.13. The molecule has 1 N–H and O–H groups in total. The highest BCUT2D eigenvalue weighted by Crippen LogP contribution is 2.33. The molecule has 0 saturated heterocycles. The fourth-order valence-corrected chi connectivity index (χ4v) is 4.64. The summed E-state index contributed by atoms with van der Waals surface area (Å²) in [5, 5.41) is 3.43. The van der Waals surface area contributed by atoms with Crippen molar-refractivity contribution in [2.45, 2.75) is 26.2 Å². The Morgan fingerprint density at radius 1 is 0.912 bits per heavy atom. The molecule has 0 unspecified atom stereocenters. The van der Waals surface area contributed by atoms with Gasteiger partial charge in [0.2, 0.25) is 5.91 Å². The average molecular weight is 471 g/mol. The first-order valence-electron chi connectivity index (χ1n) is 11.3. The molecule has 1 amide bonds. The number of hydrogen-bond acceptors (Lipinski definition) is 5. The van der Waals surface area contributed by atoms with E-state index in [0.29, 0.717) is 23.1 Å². The van der Waals surface area contributed by atoms with Crippen molar-refractivity contribution in [3.63, 3.8) is 0 Å². The molecule has 0 saturated carbocycles. The molecule has 0 aliphatic carbocycles. The largest absolute Gasteiger partial charge is 0.494 e. The second-order valence-electron chi connectivity index (χ2n) is 7.75. The molecule has 4 aromatic rings. The maximum Gasteiger partial charge on any atom is 0.226 e. The molecule has 1 heterocycles. The minimum absolute atomic E-state index is 0.0893. The molecule has 0 spiro atoms. The molecule has 0 atom stereocenters. The molecule has 34 heavy (non-hydrogen) atoms. The van der Waals surface area contributed by atoms with E-state index in [9.17, 15) is 9.59 Å². The Bertz CT molecular complexity index is 1250. The van der Waals surface area contributed by atoms with E-state index in [1.807, 2.05) is 61.5 Å². The van der Waals surface area contributed by atoms with Crippen LogP contribution in [-0.4, -0.2) is 23.3 Å². The number of thiazole rings is 1. The Morgan fingerprint density at radius 2 is 1.65 bits per heavy atom. The highest BCUT2D eigenvalue weighted by molar-refractivity contribution is 7.16. The first-order valence-corrected chi connectivity index (χ1v) is 12.1. The molecule has 0 radical (unpaired) electrons. The number of carbonyl (C=O) groups is 2. The number of benzene rings is 3. The molecule has 5 nitrogen and oxygen atoms in total. The first kappa shape index (κ1) is 23.4. The smallest absolute Gasteiger partial charge is 0.226 e. The van der Waals surface area contributed by atoms with Crippen LogP contribution in [0.4, 0.5) is 5.13 Å². The zero-order valence-electron chi connectivity index (χ0n) is 19.0. The van der Waals surface area contributed by atoms with Gasteiger partial charge in [0.05, 0.1) is 12.3 Å². The number of Topliss-reactive ketones (excluding diaryl/α,β-unsaturated/α-hetero) is 1. The van der Waals surface area contributed by atoms with Crippen molar-refractivity contribution < 1.29 is 14.3 Å². The van der Waals surface area contributed by atoms with Crippen molar-refractivity contribution in [1.29, 1.82) is 0 Å². The van der Waals surface area contributed by atoms with E-state index in [1.54, 1.807) is 18.2 Å². The van der Waals surface area contributed by atoms with Crippen LogP contribution in [0.5, 0.6) is 5.75 Å². The van der Waals surface area contributed by atoms with Gasteiger partial charge >= 0.3 is 0 Å². The van der Waals surface area contributed by atoms with Gasteiger partial charge in [0.15, 0.2) is 10.9 Å². The van der Waals surface area contributed by atoms with E-state index < -0.39 is 0 Å². The molecule has 1 aromatic heterocycles. The molecular weight excluding hydrogens is 444 g/mol. The molecule has 3 aromatic carbocycles. The van der Waals surface area contributed by atoms with Crippen LogP contribution in [0.1, 0.15) is 40.6 Å². The Kier molecular flexibility index (Phi) is 7.83. The maximum atomic E-state index is 12.6. The zero-order valence-corrected chi connectivity index (χ0v) is 19.8. The van der Waals surface area contributed by atoms with E-state index in [4.69, 9.17) is 9.72 Å². The molecule has 0 bridgehead atoms. The maximum absolute atomic E-state index is 12.6. The third kappa shape index (κ3) is 6.17. The van der Waals surface area contributed by atoms with Gasteiger partial charge in [-0.2, -0.15) is 0 Å². The van der Waals surface area contributed by atoms with Crippen molar-refractivity contribution in [2.24, 2.45) is 0 Å². The monoisotopic (exact) mass is 470 g/mol. The normalized spacial score (nSPS) is 10.6. The number of ketones is 1. The van der Waals surface area contributed by atoms with Crippen LogP contribution in [-0.2, 0) is 11.2 Å². The summed E-state index contributed by atoms with van der Waals surface area (Å²) in [6.07, 6.45) is 0.939. The minimum atomic E-state index is -0.228. The molecule has 0 aliphatic heterocycles. The second kappa shape index (κ2) is 11.4. The number of anilines is 1. The Hall–Kier alpha value is -3.77. The summed E-state index contributed by atoms with van der Waals surface area (Å²) in [5.74, 6) is 0.333. The Morgan fingerprint density at radius 3 is 2.38 bits per heavy atom. The molecular formula is C28H26N2O3S. The number of amides is 1. The molecule has 0 aliphatic rings. The topological polar surface area (TPSA) is 68.3 Å². The van der Waals surface area contributed by atoms with Crippen molar-refractivity contribution in [3.8, 4) is 17.0 Å². The van der Waals surface area contributed by atoms with Crippen LogP contribution in [0.25, 0.3) is 11.3 Å². The van der Waals surface area contributed by atoms with E-state index in [1.165, 1.54) is 16.9 Å². The van der Waals surface area contributed by atoms with Gasteiger partial charge < -0.3 is 10.1 Å². The zero-order chi connectivity index (χ0) is 23.8. The Labute approximate surface area is 203 Å². The Balaban J connectivity index is 1.44. The van der Waals surface area contributed by atoms with Crippen LogP contribution < -0.4 is 10.1 Å². The van der Waals surface area contributed by atoms with Crippen molar-refractivity contribution >= 4 is 28.2 Å². The van der Waals surface area contributed by atoms with Crippen LogP contribution in [0.3, 0.4) is 0 Å². The van der Waals surface area contributed by atoms with Crippen molar-refractivity contribution in [1.82, 2.24) is 4.98 Å². The predicted molar refractivity (Wildman–Crippen MR) is 137 cm³/mol. The summed E-state index contributed by atoms with van der Waals surface area (Å²) >= 11 is 1.47. The van der Waals surface area contributed by atoms with Gasteiger partial charge in [0.1, 0.15) is 5.75 Å². The van der Waals surface area contributed by atoms with Gasteiger partial charge in [-0.3, -0.25) is 9.59 Å². The molecule has 0 fully saturated rings. The lowest BCUT2D eigenvalue weighted by atomic mass is 10.1. The van der Waals surface area contributed by atoms with Gasteiger partial charge in [-0.15, -0.1) is 11.3 Å². The SMILES string of the molecule is CCOc1cccc(C(=O)CCC(=O)Nc2nc(-c3ccccc3)c(Cc3ccccc3)s2)c1. The van der Waals surface area contributed by atoms with Gasteiger partial charge in [-0.25, -0.2) is 4.98 Å². The van der Waals surface area contributed by atoms with Crippen LogP contribution >= 0.6 is 11.3 Å². The summed E-state index contributed by atoms with van der Waals surface area (Å²) in [6.45, 7) is 2.43. The summed E-state index contributed by atoms with van der Waals surface area (Å²) in [4.78, 5) is 31.0. The van der Waals surface area contributed by atoms with Gasteiger partial charge in [-0.1, -0.05) is 72.8 Å². The van der Waals surface area contributed by atoms with E-state index >= 15 is 0 Å². The van der Waals surface area contributed by atoms with Crippen LogP contribution in [0, 0.1) is 0 Å². The lowest BCUT2D eigenvalue weighted by Gasteiger charge is -2.05. The predicted octanol–water partition coefficient (Wildman–Crippen LogP) is 6.40. The van der Waals surface area contributed by atoms with Crippen molar-refractivity contribution in [3.05, 3.63) is 101 Å². The number of rotatable bonds is 10. The quantitative estimate of drug-likeness (QED) is 0.272. The number of nitrogens with zero attached hydrogens (tertiary/aromatic N) is 1. The number of carbonyl (C=O) groups excluding carboxylic acids is 2. The van der Waals surface area contributed by atoms with E-state index in [-0.39, 0.29) is 24.5 Å². The molecule has 6 heteroatoms. The molecule has 172 valence electrons. The van der Waals surface area contributed by atoms with Gasteiger partial charge in [-0.05, 0) is 24.6 Å². The third-order valence-corrected chi connectivity index (χ3v) is 6.22. The van der Waals surface area contributed by atoms with Gasteiger partial charge in [0.25, 0.3) is 0 Å². The van der Waals surface area contributed by atoms with Gasteiger partial charge in [0, 0.05) is 35.3 Å².